The molecule has 2 aliphatic carbocycles. The minimum absolute atomic E-state index is 0.247. The highest BCUT2D eigenvalue weighted by molar-refractivity contribution is 7.11. The van der Waals surface area contributed by atoms with Gasteiger partial charge in [-0.05, 0) is 25.7 Å². The lowest BCUT2D eigenvalue weighted by Gasteiger charge is -2.24. The molecule has 1 aromatic rings. The predicted octanol–water partition coefficient (Wildman–Crippen LogP) is 3.83. The van der Waals surface area contributed by atoms with Gasteiger partial charge in [0.05, 0.1) is 4.88 Å². The second-order valence-electron chi connectivity index (χ2n) is 5.85. The van der Waals surface area contributed by atoms with E-state index in [0.29, 0.717) is 11.0 Å². The van der Waals surface area contributed by atoms with Gasteiger partial charge in [0.1, 0.15) is 10.6 Å². The van der Waals surface area contributed by atoms with Crippen LogP contribution in [0, 0.1) is 0 Å². The van der Waals surface area contributed by atoms with E-state index in [9.17, 15) is 13.2 Å². The van der Waals surface area contributed by atoms with Crippen LogP contribution in [0.1, 0.15) is 54.1 Å². The van der Waals surface area contributed by atoms with E-state index in [2.05, 4.69) is 10.3 Å². The van der Waals surface area contributed by atoms with Crippen molar-refractivity contribution in [2.75, 3.05) is 7.11 Å². The van der Waals surface area contributed by atoms with E-state index in [1.165, 1.54) is 0 Å². The molecule has 0 aliphatic heterocycles. The summed E-state index contributed by atoms with van der Waals surface area (Å²) in [6.07, 6.45) is 1.16. The Bertz CT molecular complexity index is 505. The number of hydrogen-bond acceptors (Lipinski definition) is 4. The van der Waals surface area contributed by atoms with Crippen molar-refractivity contribution in [1.82, 2.24) is 10.3 Å². The van der Waals surface area contributed by atoms with Crippen LogP contribution >= 0.6 is 11.3 Å². The van der Waals surface area contributed by atoms with E-state index in [1.807, 2.05) is 0 Å². The highest BCUT2D eigenvalue weighted by atomic mass is 32.1. The lowest BCUT2D eigenvalue weighted by Crippen LogP contribution is -2.24. The fraction of sp³-hybridized carbons (Fsp3) is 0.786. The average molecular weight is 320 g/mol. The maximum atomic E-state index is 13.2. The molecular formula is C14H19F3N2OS. The molecule has 0 saturated heterocycles. The monoisotopic (exact) mass is 320 g/mol. The maximum Gasteiger partial charge on any atom is 0.434 e. The standard InChI is InChI=1S/C14H19F3N2OS/c1-20-13(6-2-3-7-13)12-19-11(14(15,16)17)10(21-12)8-18-9-4-5-9/h9,18H,2-8H2,1H3. The van der Waals surface area contributed by atoms with Gasteiger partial charge in [0.15, 0.2) is 5.69 Å². The van der Waals surface area contributed by atoms with Crippen molar-refractivity contribution in [1.29, 1.82) is 0 Å². The molecule has 3 rings (SSSR count). The number of thiazole rings is 1. The van der Waals surface area contributed by atoms with Crippen LogP contribution in [0.25, 0.3) is 0 Å². The van der Waals surface area contributed by atoms with Gasteiger partial charge in [0.2, 0.25) is 0 Å². The summed E-state index contributed by atoms with van der Waals surface area (Å²) < 4.78 is 45.1. The summed E-state index contributed by atoms with van der Waals surface area (Å²) in [6.45, 7) is 0.247. The molecular weight excluding hydrogens is 301 g/mol. The summed E-state index contributed by atoms with van der Waals surface area (Å²) in [5, 5.41) is 3.64. The van der Waals surface area contributed by atoms with Gasteiger partial charge in [0.25, 0.3) is 0 Å². The fourth-order valence-electron chi connectivity index (χ4n) is 2.86. The number of ether oxygens (including phenoxy) is 1. The van der Waals surface area contributed by atoms with E-state index in [4.69, 9.17) is 4.74 Å². The van der Waals surface area contributed by atoms with Gasteiger partial charge in [-0.2, -0.15) is 13.2 Å². The van der Waals surface area contributed by atoms with E-state index >= 15 is 0 Å². The van der Waals surface area contributed by atoms with Crippen molar-refractivity contribution in [2.45, 2.75) is 62.9 Å². The summed E-state index contributed by atoms with van der Waals surface area (Å²) in [5.74, 6) is 0. The summed E-state index contributed by atoms with van der Waals surface area (Å²) in [4.78, 5) is 4.22. The zero-order chi connectivity index (χ0) is 15.1. The van der Waals surface area contributed by atoms with Gasteiger partial charge in [-0.3, -0.25) is 0 Å². The number of aromatic nitrogens is 1. The minimum Gasteiger partial charge on any atom is -0.371 e. The SMILES string of the molecule is COC1(c2nc(C(F)(F)F)c(CNC3CC3)s2)CCCC1. The number of halogens is 3. The number of rotatable bonds is 5. The molecule has 1 N–H and O–H groups in total. The number of methoxy groups -OCH3 is 1. The Hall–Kier alpha value is -0.660. The van der Waals surface area contributed by atoms with Crippen LogP contribution in [0.3, 0.4) is 0 Å². The molecule has 0 unspecified atom stereocenters. The predicted molar refractivity (Wildman–Crippen MR) is 74.1 cm³/mol. The molecule has 1 heterocycles. The molecule has 2 aliphatic rings. The molecule has 0 amide bonds. The molecule has 0 spiro atoms. The van der Waals surface area contributed by atoms with Crippen LogP contribution in [0.4, 0.5) is 13.2 Å². The number of nitrogens with zero attached hydrogens (tertiary/aromatic N) is 1. The number of nitrogens with one attached hydrogen (secondary N) is 1. The number of hydrogen-bond donors (Lipinski definition) is 1. The third-order valence-corrected chi connectivity index (χ3v) is 5.53. The molecule has 2 fully saturated rings. The van der Waals surface area contributed by atoms with E-state index < -0.39 is 17.5 Å². The topological polar surface area (TPSA) is 34.1 Å². The molecule has 0 bridgehead atoms. The van der Waals surface area contributed by atoms with E-state index in [-0.39, 0.29) is 11.4 Å². The van der Waals surface area contributed by atoms with Crippen LogP contribution in [0.5, 0.6) is 0 Å². The second kappa shape index (κ2) is 5.52. The summed E-state index contributed by atoms with van der Waals surface area (Å²) >= 11 is 1.16. The molecule has 0 radical (unpaired) electrons. The lowest BCUT2D eigenvalue weighted by atomic mass is 10.0. The Morgan fingerprint density at radius 3 is 2.52 bits per heavy atom. The van der Waals surface area contributed by atoms with Gasteiger partial charge in [-0.25, -0.2) is 4.98 Å². The molecule has 2 saturated carbocycles. The quantitative estimate of drug-likeness (QED) is 0.895. The Labute approximate surface area is 125 Å². The zero-order valence-corrected chi connectivity index (χ0v) is 12.7. The van der Waals surface area contributed by atoms with Crippen LogP contribution in [0.15, 0.2) is 0 Å². The van der Waals surface area contributed by atoms with Crippen LogP contribution < -0.4 is 5.32 Å². The van der Waals surface area contributed by atoms with Crippen molar-refractivity contribution >= 4 is 11.3 Å². The first kappa shape index (κ1) is 15.2. The molecule has 0 atom stereocenters. The Balaban J connectivity index is 1.90. The zero-order valence-electron chi connectivity index (χ0n) is 11.9. The van der Waals surface area contributed by atoms with Crippen LogP contribution in [-0.2, 0) is 23.1 Å². The fourth-order valence-corrected chi connectivity index (χ4v) is 4.12. The smallest absolute Gasteiger partial charge is 0.371 e. The van der Waals surface area contributed by atoms with Gasteiger partial charge in [-0.15, -0.1) is 11.3 Å². The molecule has 1 aromatic heterocycles. The first-order valence-electron chi connectivity index (χ1n) is 7.30. The summed E-state index contributed by atoms with van der Waals surface area (Å²) in [7, 11) is 1.57. The molecule has 21 heavy (non-hydrogen) atoms. The lowest BCUT2D eigenvalue weighted by molar-refractivity contribution is -0.141. The van der Waals surface area contributed by atoms with E-state index in [0.717, 1.165) is 49.9 Å². The van der Waals surface area contributed by atoms with Crippen molar-refractivity contribution in [3.63, 3.8) is 0 Å². The van der Waals surface area contributed by atoms with Crippen molar-refractivity contribution < 1.29 is 17.9 Å². The summed E-state index contributed by atoms with van der Waals surface area (Å²) in [5.41, 5.74) is -1.35. The van der Waals surface area contributed by atoms with Crippen molar-refractivity contribution in [2.24, 2.45) is 0 Å². The molecule has 7 heteroatoms. The van der Waals surface area contributed by atoms with Crippen molar-refractivity contribution in [3.8, 4) is 0 Å². The van der Waals surface area contributed by atoms with E-state index in [1.54, 1.807) is 7.11 Å². The minimum atomic E-state index is -4.40. The Morgan fingerprint density at radius 1 is 1.33 bits per heavy atom. The molecule has 0 aromatic carbocycles. The van der Waals surface area contributed by atoms with Gasteiger partial charge in [-0.1, -0.05) is 12.8 Å². The van der Waals surface area contributed by atoms with Crippen molar-refractivity contribution in [3.05, 3.63) is 15.6 Å². The first-order valence-corrected chi connectivity index (χ1v) is 8.12. The summed E-state index contributed by atoms with van der Waals surface area (Å²) in [6, 6.07) is 0.375. The van der Waals surface area contributed by atoms with Gasteiger partial charge in [0, 0.05) is 19.7 Å². The molecule has 118 valence electrons. The first-order chi connectivity index (χ1) is 9.94. The van der Waals surface area contributed by atoms with Crippen LogP contribution in [-0.4, -0.2) is 18.1 Å². The maximum absolute atomic E-state index is 13.2. The highest BCUT2D eigenvalue weighted by Gasteiger charge is 2.44. The molecule has 3 nitrogen and oxygen atoms in total. The second-order valence-corrected chi connectivity index (χ2v) is 6.93. The normalized spacial score (nSPS) is 21.9. The number of alkyl halides is 3. The Kier molecular flexibility index (Phi) is 4.00. The average Bonchev–Trinajstić information content (AvgIpc) is 2.96. The van der Waals surface area contributed by atoms with Gasteiger partial charge < -0.3 is 10.1 Å². The third-order valence-electron chi connectivity index (χ3n) is 4.29. The van der Waals surface area contributed by atoms with Gasteiger partial charge >= 0.3 is 6.18 Å². The van der Waals surface area contributed by atoms with Crippen LogP contribution in [0.2, 0.25) is 0 Å². The Morgan fingerprint density at radius 2 is 2.00 bits per heavy atom. The largest absolute Gasteiger partial charge is 0.434 e. The highest BCUT2D eigenvalue weighted by Crippen LogP contribution is 2.46. The third kappa shape index (κ3) is 3.10.